The molecule has 0 unspecified atom stereocenters. The molecule has 0 saturated carbocycles. The van der Waals surface area contributed by atoms with Crippen LogP contribution in [0.4, 0.5) is 17.2 Å². The predicted molar refractivity (Wildman–Crippen MR) is 117 cm³/mol. The lowest BCUT2D eigenvalue weighted by Crippen LogP contribution is -2.47. The van der Waals surface area contributed by atoms with Crippen LogP contribution in [0.5, 0.6) is 0 Å². The fourth-order valence-electron chi connectivity index (χ4n) is 3.50. The fourth-order valence-corrected chi connectivity index (χ4v) is 4.12. The first-order valence-corrected chi connectivity index (χ1v) is 10.4. The Labute approximate surface area is 169 Å². The minimum absolute atomic E-state index is 0.0910. The maximum absolute atomic E-state index is 12.1. The molecule has 1 aromatic carbocycles. The van der Waals surface area contributed by atoms with Crippen LogP contribution in [0.25, 0.3) is 0 Å². The van der Waals surface area contributed by atoms with Gasteiger partial charge in [0.05, 0.1) is 16.8 Å². The molecule has 3 aromatic rings. The topological polar surface area (TPSA) is 48.5 Å². The summed E-state index contributed by atoms with van der Waals surface area (Å²) in [7, 11) is 0. The molecule has 1 N–H and O–H groups in total. The molecular weight excluding hydrogens is 368 g/mol. The molecule has 1 amide bonds. The molecule has 1 aliphatic heterocycles. The third-order valence-corrected chi connectivity index (χ3v) is 6.14. The fraction of sp³-hybridized carbons (Fsp3) is 0.273. The Hall–Kier alpha value is -2.86. The van der Waals surface area contributed by atoms with Gasteiger partial charge in [0.25, 0.3) is 5.91 Å². The van der Waals surface area contributed by atoms with E-state index < -0.39 is 0 Å². The van der Waals surface area contributed by atoms with Gasteiger partial charge in [-0.05, 0) is 54.6 Å². The maximum atomic E-state index is 12.1. The number of piperazine rings is 1. The highest BCUT2D eigenvalue weighted by molar-refractivity contribution is 7.12. The monoisotopic (exact) mass is 392 g/mol. The first-order valence-electron chi connectivity index (χ1n) is 9.49. The maximum Gasteiger partial charge on any atom is 0.265 e. The smallest absolute Gasteiger partial charge is 0.265 e. The lowest BCUT2D eigenvalue weighted by Gasteiger charge is -2.37. The van der Waals surface area contributed by atoms with E-state index in [1.54, 1.807) is 6.20 Å². The Morgan fingerprint density at radius 3 is 2.46 bits per heavy atom. The van der Waals surface area contributed by atoms with E-state index >= 15 is 0 Å². The number of nitrogens with zero attached hydrogens (tertiary/aromatic N) is 3. The first kappa shape index (κ1) is 18.5. The van der Waals surface area contributed by atoms with Crippen molar-refractivity contribution in [3.8, 4) is 0 Å². The zero-order chi connectivity index (χ0) is 19.5. The summed E-state index contributed by atoms with van der Waals surface area (Å²) in [5, 5.41) is 4.79. The zero-order valence-corrected chi connectivity index (χ0v) is 17.0. The molecule has 144 valence electrons. The number of rotatable bonds is 4. The highest BCUT2D eigenvalue weighted by Crippen LogP contribution is 2.25. The van der Waals surface area contributed by atoms with E-state index in [1.807, 2.05) is 29.6 Å². The standard InChI is InChI=1S/C22H24N4OS/c1-16-5-3-6-19(17(16)2)25-10-12-26(13-11-25)21-9-8-18(15-23-21)24-22(27)20-7-4-14-28-20/h3-9,14-15H,10-13H2,1-2H3,(H,24,27). The number of carbonyl (C=O) groups excluding carboxylic acids is 1. The van der Waals surface area contributed by atoms with E-state index in [4.69, 9.17) is 0 Å². The quantitative estimate of drug-likeness (QED) is 0.718. The summed E-state index contributed by atoms with van der Waals surface area (Å²) in [6.45, 7) is 8.17. The minimum Gasteiger partial charge on any atom is -0.368 e. The molecule has 5 nitrogen and oxygen atoms in total. The van der Waals surface area contributed by atoms with Crippen molar-refractivity contribution in [2.45, 2.75) is 13.8 Å². The number of thiophene rings is 1. The average Bonchev–Trinajstić information content (AvgIpc) is 3.26. The van der Waals surface area contributed by atoms with Crippen LogP contribution < -0.4 is 15.1 Å². The molecule has 3 heterocycles. The third kappa shape index (κ3) is 3.87. The summed E-state index contributed by atoms with van der Waals surface area (Å²) in [6, 6.07) is 14.1. The SMILES string of the molecule is Cc1cccc(N2CCN(c3ccc(NC(=O)c4cccs4)cn3)CC2)c1C. The Balaban J connectivity index is 1.37. The van der Waals surface area contributed by atoms with Crippen molar-refractivity contribution in [1.29, 1.82) is 0 Å². The van der Waals surface area contributed by atoms with Crippen molar-refractivity contribution >= 4 is 34.4 Å². The number of amides is 1. The highest BCUT2D eigenvalue weighted by Gasteiger charge is 2.20. The predicted octanol–water partition coefficient (Wildman–Crippen LogP) is 4.34. The van der Waals surface area contributed by atoms with Crippen molar-refractivity contribution in [3.63, 3.8) is 0 Å². The molecule has 2 aromatic heterocycles. The molecule has 4 rings (SSSR count). The summed E-state index contributed by atoms with van der Waals surface area (Å²) < 4.78 is 0. The normalized spacial score (nSPS) is 14.2. The van der Waals surface area contributed by atoms with Gasteiger partial charge in [0.2, 0.25) is 0 Å². The van der Waals surface area contributed by atoms with E-state index in [1.165, 1.54) is 28.2 Å². The van der Waals surface area contributed by atoms with Crippen molar-refractivity contribution in [2.75, 3.05) is 41.3 Å². The van der Waals surface area contributed by atoms with Crippen LogP contribution in [0.1, 0.15) is 20.8 Å². The van der Waals surface area contributed by atoms with Gasteiger partial charge in [-0.25, -0.2) is 4.98 Å². The van der Waals surface area contributed by atoms with Gasteiger partial charge >= 0.3 is 0 Å². The van der Waals surface area contributed by atoms with Crippen molar-refractivity contribution in [2.24, 2.45) is 0 Å². The Morgan fingerprint density at radius 2 is 1.79 bits per heavy atom. The summed E-state index contributed by atoms with van der Waals surface area (Å²) >= 11 is 1.43. The van der Waals surface area contributed by atoms with Gasteiger partial charge in [-0.3, -0.25) is 4.79 Å². The van der Waals surface area contributed by atoms with E-state index in [0.29, 0.717) is 4.88 Å². The van der Waals surface area contributed by atoms with Gasteiger partial charge in [-0.2, -0.15) is 0 Å². The number of aromatic nitrogens is 1. The van der Waals surface area contributed by atoms with Gasteiger partial charge < -0.3 is 15.1 Å². The number of aryl methyl sites for hydroxylation is 1. The van der Waals surface area contributed by atoms with E-state index in [0.717, 1.165) is 37.7 Å². The third-order valence-electron chi connectivity index (χ3n) is 5.27. The second-order valence-electron chi connectivity index (χ2n) is 7.03. The number of nitrogens with one attached hydrogen (secondary N) is 1. The Morgan fingerprint density at radius 1 is 1.00 bits per heavy atom. The molecule has 1 fully saturated rings. The summed E-state index contributed by atoms with van der Waals surface area (Å²) in [5.74, 6) is 0.862. The molecule has 0 spiro atoms. The molecule has 0 radical (unpaired) electrons. The number of hydrogen-bond donors (Lipinski definition) is 1. The van der Waals surface area contributed by atoms with Crippen LogP contribution in [0, 0.1) is 13.8 Å². The first-order chi connectivity index (χ1) is 13.6. The lowest BCUT2D eigenvalue weighted by atomic mass is 10.1. The molecule has 6 heteroatoms. The second kappa shape index (κ2) is 8.02. The van der Waals surface area contributed by atoms with E-state index in [-0.39, 0.29) is 5.91 Å². The molecule has 1 aliphatic rings. The average molecular weight is 393 g/mol. The van der Waals surface area contributed by atoms with Crippen LogP contribution in [-0.2, 0) is 0 Å². The number of carbonyl (C=O) groups is 1. The molecular formula is C22H24N4OS. The number of anilines is 3. The summed E-state index contributed by atoms with van der Waals surface area (Å²) in [4.78, 5) is 22.2. The zero-order valence-electron chi connectivity index (χ0n) is 16.2. The summed E-state index contributed by atoms with van der Waals surface area (Å²) in [6.07, 6.45) is 1.73. The molecule has 28 heavy (non-hydrogen) atoms. The van der Waals surface area contributed by atoms with Crippen LogP contribution in [0.3, 0.4) is 0 Å². The molecule has 0 aliphatic carbocycles. The van der Waals surface area contributed by atoms with Crippen LogP contribution in [0.15, 0.2) is 54.0 Å². The second-order valence-corrected chi connectivity index (χ2v) is 7.98. The Kier molecular flexibility index (Phi) is 5.30. The summed E-state index contributed by atoms with van der Waals surface area (Å²) in [5.41, 5.74) is 4.75. The minimum atomic E-state index is -0.0910. The molecule has 1 saturated heterocycles. The van der Waals surface area contributed by atoms with Crippen LogP contribution in [-0.4, -0.2) is 37.1 Å². The Bertz CT molecular complexity index is 945. The van der Waals surface area contributed by atoms with E-state index in [9.17, 15) is 4.79 Å². The van der Waals surface area contributed by atoms with Gasteiger partial charge in [-0.15, -0.1) is 11.3 Å². The number of benzene rings is 1. The van der Waals surface area contributed by atoms with Gasteiger partial charge in [0, 0.05) is 31.9 Å². The molecule has 0 atom stereocenters. The van der Waals surface area contributed by atoms with E-state index in [2.05, 4.69) is 52.1 Å². The number of hydrogen-bond acceptors (Lipinski definition) is 5. The number of pyridine rings is 1. The lowest BCUT2D eigenvalue weighted by molar-refractivity contribution is 0.103. The van der Waals surface area contributed by atoms with Gasteiger partial charge in [0.1, 0.15) is 5.82 Å². The highest BCUT2D eigenvalue weighted by atomic mass is 32.1. The molecule has 0 bridgehead atoms. The van der Waals surface area contributed by atoms with Gasteiger partial charge in [0.15, 0.2) is 0 Å². The van der Waals surface area contributed by atoms with Crippen molar-refractivity contribution < 1.29 is 4.79 Å². The van der Waals surface area contributed by atoms with Gasteiger partial charge in [-0.1, -0.05) is 18.2 Å². The van der Waals surface area contributed by atoms with Crippen LogP contribution >= 0.6 is 11.3 Å². The van der Waals surface area contributed by atoms with Crippen molar-refractivity contribution in [1.82, 2.24) is 4.98 Å². The van der Waals surface area contributed by atoms with Crippen LogP contribution in [0.2, 0.25) is 0 Å². The van der Waals surface area contributed by atoms with Crippen molar-refractivity contribution in [3.05, 3.63) is 70.0 Å². The largest absolute Gasteiger partial charge is 0.368 e.